The third-order valence-corrected chi connectivity index (χ3v) is 3.56. The fraction of sp³-hybridized carbons (Fsp3) is 0.611. The van der Waals surface area contributed by atoms with Gasteiger partial charge in [0.15, 0.2) is 0 Å². The van der Waals surface area contributed by atoms with Gasteiger partial charge in [-0.1, -0.05) is 19.1 Å². The molecule has 1 atom stereocenters. The highest BCUT2D eigenvalue weighted by molar-refractivity contribution is 5.85. The van der Waals surface area contributed by atoms with Gasteiger partial charge < -0.3 is 15.4 Å². The van der Waals surface area contributed by atoms with Crippen molar-refractivity contribution in [1.82, 2.24) is 10.6 Å². The van der Waals surface area contributed by atoms with E-state index in [9.17, 15) is 4.79 Å². The normalized spacial score (nSPS) is 11.5. The Hall–Kier alpha value is -1.26. The van der Waals surface area contributed by atoms with Gasteiger partial charge in [-0.25, -0.2) is 0 Å². The summed E-state index contributed by atoms with van der Waals surface area (Å²) in [4.78, 5) is 11.7. The summed E-state index contributed by atoms with van der Waals surface area (Å²) in [5.74, 6) is 1.07. The first-order valence-electron chi connectivity index (χ1n) is 8.23. The van der Waals surface area contributed by atoms with Gasteiger partial charge in [-0.05, 0) is 57.4 Å². The van der Waals surface area contributed by atoms with E-state index in [-0.39, 0.29) is 18.3 Å². The van der Waals surface area contributed by atoms with Gasteiger partial charge in [0.2, 0.25) is 5.91 Å². The molecular formula is C18H31ClN2O2. The Kier molecular flexibility index (Phi) is 11.5. The second-order valence-electron chi connectivity index (χ2n) is 5.84. The summed E-state index contributed by atoms with van der Waals surface area (Å²) in [6.45, 7) is 10.5. The van der Waals surface area contributed by atoms with Crippen LogP contribution in [0.2, 0.25) is 0 Å². The van der Waals surface area contributed by atoms with Crippen LogP contribution in [0.3, 0.4) is 0 Å². The summed E-state index contributed by atoms with van der Waals surface area (Å²) in [7, 11) is 0. The highest BCUT2D eigenvalue weighted by atomic mass is 35.5. The summed E-state index contributed by atoms with van der Waals surface area (Å²) in [6, 6.07) is 6.54. The van der Waals surface area contributed by atoms with Crippen LogP contribution in [0.1, 0.15) is 44.2 Å². The van der Waals surface area contributed by atoms with Crippen molar-refractivity contribution in [3.05, 3.63) is 29.3 Å². The zero-order valence-corrected chi connectivity index (χ0v) is 15.6. The molecule has 0 unspecified atom stereocenters. The maximum atomic E-state index is 11.7. The average molecular weight is 343 g/mol. The van der Waals surface area contributed by atoms with Crippen LogP contribution in [-0.4, -0.2) is 31.6 Å². The molecule has 23 heavy (non-hydrogen) atoms. The van der Waals surface area contributed by atoms with Crippen molar-refractivity contribution in [3.63, 3.8) is 0 Å². The fourth-order valence-electron chi connectivity index (χ4n) is 2.21. The Balaban J connectivity index is 0.00000484. The number of hydrogen-bond donors (Lipinski definition) is 2. The van der Waals surface area contributed by atoms with Crippen molar-refractivity contribution < 1.29 is 9.53 Å². The number of carbonyl (C=O) groups excluding carboxylic acids is 1. The van der Waals surface area contributed by atoms with Crippen LogP contribution in [0, 0.1) is 13.8 Å². The molecule has 0 aliphatic rings. The fourth-order valence-corrected chi connectivity index (χ4v) is 2.21. The quantitative estimate of drug-likeness (QED) is 0.641. The van der Waals surface area contributed by atoms with Gasteiger partial charge in [0.25, 0.3) is 0 Å². The molecule has 0 aliphatic heterocycles. The molecule has 4 nitrogen and oxygen atoms in total. The first-order valence-corrected chi connectivity index (χ1v) is 8.23. The molecule has 2 N–H and O–H groups in total. The van der Waals surface area contributed by atoms with E-state index in [1.54, 1.807) is 0 Å². The first-order chi connectivity index (χ1) is 10.5. The van der Waals surface area contributed by atoms with E-state index >= 15 is 0 Å². The zero-order valence-electron chi connectivity index (χ0n) is 14.8. The van der Waals surface area contributed by atoms with Gasteiger partial charge in [-0.15, -0.1) is 12.4 Å². The summed E-state index contributed by atoms with van der Waals surface area (Å²) in [5.41, 5.74) is 2.36. The Morgan fingerprint density at radius 1 is 1.26 bits per heavy atom. The van der Waals surface area contributed by atoms with E-state index in [4.69, 9.17) is 4.74 Å². The molecule has 0 fully saturated rings. The molecule has 0 saturated carbocycles. The van der Waals surface area contributed by atoms with Crippen molar-refractivity contribution in [3.8, 4) is 5.75 Å². The minimum Gasteiger partial charge on any atom is -0.493 e. The van der Waals surface area contributed by atoms with Crippen molar-refractivity contribution >= 4 is 18.3 Å². The summed E-state index contributed by atoms with van der Waals surface area (Å²) in [6.07, 6.45) is 2.31. The molecule has 0 radical (unpaired) electrons. The minimum atomic E-state index is 0. The van der Waals surface area contributed by atoms with Crippen LogP contribution in [0.15, 0.2) is 18.2 Å². The molecule has 1 amide bonds. The maximum absolute atomic E-state index is 11.7. The molecule has 132 valence electrons. The van der Waals surface area contributed by atoms with E-state index < -0.39 is 0 Å². The van der Waals surface area contributed by atoms with Gasteiger partial charge >= 0.3 is 0 Å². The molecular weight excluding hydrogens is 312 g/mol. The lowest BCUT2D eigenvalue weighted by molar-refractivity contribution is -0.121. The van der Waals surface area contributed by atoms with E-state index in [1.807, 2.05) is 6.92 Å². The monoisotopic (exact) mass is 342 g/mol. The summed E-state index contributed by atoms with van der Waals surface area (Å²) >= 11 is 0. The summed E-state index contributed by atoms with van der Waals surface area (Å²) in [5, 5.41) is 6.22. The van der Waals surface area contributed by atoms with Crippen molar-refractivity contribution in [2.75, 3.05) is 19.7 Å². The molecule has 0 aliphatic carbocycles. The SMILES string of the molecule is CCN[C@H](C)CNC(=O)CCCCOc1cc(C)ccc1C.Cl. The van der Waals surface area contributed by atoms with Crippen LogP contribution in [0.4, 0.5) is 0 Å². The van der Waals surface area contributed by atoms with Crippen molar-refractivity contribution in [2.24, 2.45) is 0 Å². The number of carbonyl (C=O) groups is 1. The number of likely N-dealkylation sites (N-methyl/N-ethyl adjacent to an activating group) is 1. The number of halogens is 1. The Morgan fingerprint density at radius 2 is 2.00 bits per heavy atom. The molecule has 0 spiro atoms. The number of nitrogens with one attached hydrogen (secondary N) is 2. The predicted molar refractivity (Wildman–Crippen MR) is 98.7 cm³/mol. The number of ether oxygens (including phenoxy) is 1. The smallest absolute Gasteiger partial charge is 0.220 e. The first kappa shape index (κ1) is 21.7. The predicted octanol–water partition coefficient (Wildman–Crippen LogP) is 3.39. The largest absolute Gasteiger partial charge is 0.493 e. The second-order valence-corrected chi connectivity index (χ2v) is 5.84. The van der Waals surface area contributed by atoms with Gasteiger partial charge in [-0.3, -0.25) is 4.79 Å². The van der Waals surface area contributed by atoms with E-state index in [1.165, 1.54) is 5.56 Å². The molecule has 5 heteroatoms. The minimum absolute atomic E-state index is 0. The maximum Gasteiger partial charge on any atom is 0.220 e. The lowest BCUT2D eigenvalue weighted by atomic mass is 10.1. The van der Waals surface area contributed by atoms with E-state index in [2.05, 4.69) is 49.6 Å². The van der Waals surface area contributed by atoms with Gasteiger partial charge in [0, 0.05) is 19.0 Å². The topological polar surface area (TPSA) is 50.4 Å². The van der Waals surface area contributed by atoms with Crippen LogP contribution < -0.4 is 15.4 Å². The van der Waals surface area contributed by atoms with Crippen LogP contribution in [-0.2, 0) is 4.79 Å². The summed E-state index contributed by atoms with van der Waals surface area (Å²) < 4.78 is 5.79. The third kappa shape index (κ3) is 9.47. The Morgan fingerprint density at radius 3 is 2.70 bits per heavy atom. The van der Waals surface area contributed by atoms with Crippen LogP contribution in [0.5, 0.6) is 5.75 Å². The van der Waals surface area contributed by atoms with E-state index in [0.717, 1.165) is 30.7 Å². The highest BCUT2D eigenvalue weighted by Gasteiger charge is 2.05. The number of unbranched alkanes of at least 4 members (excludes halogenated alkanes) is 1. The zero-order chi connectivity index (χ0) is 16.4. The molecule has 0 saturated heterocycles. The van der Waals surface area contributed by atoms with Gasteiger partial charge in [0.05, 0.1) is 6.61 Å². The second kappa shape index (κ2) is 12.2. The van der Waals surface area contributed by atoms with Gasteiger partial charge in [-0.2, -0.15) is 0 Å². The van der Waals surface area contributed by atoms with E-state index in [0.29, 0.717) is 25.6 Å². The molecule has 1 aromatic carbocycles. The number of benzene rings is 1. The molecule has 1 rings (SSSR count). The van der Waals surface area contributed by atoms with Crippen LogP contribution >= 0.6 is 12.4 Å². The average Bonchev–Trinajstić information content (AvgIpc) is 2.48. The van der Waals surface area contributed by atoms with Crippen LogP contribution in [0.25, 0.3) is 0 Å². The highest BCUT2D eigenvalue weighted by Crippen LogP contribution is 2.19. The Labute approximate surface area is 146 Å². The lowest BCUT2D eigenvalue weighted by Gasteiger charge is -2.13. The number of rotatable bonds is 10. The third-order valence-electron chi connectivity index (χ3n) is 3.56. The molecule has 0 bridgehead atoms. The molecule has 0 aromatic heterocycles. The number of aryl methyl sites for hydroxylation is 2. The number of amides is 1. The number of hydrogen-bond acceptors (Lipinski definition) is 3. The molecule has 1 aromatic rings. The lowest BCUT2D eigenvalue weighted by Crippen LogP contribution is -2.38. The van der Waals surface area contributed by atoms with Gasteiger partial charge in [0.1, 0.15) is 5.75 Å². The van der Waals surface area contributed by atoms with Crippen molar-refractivity contribution in [2.45, 2.75) is 53.0 Å². The molecule has 0 heterocycles. The standard InChI is InChI=1S/C18H30N2O2.ClH/c1-5-19-16(4)13-20-18(21)8-6-7-11-22-17-12-14(2)9-10-15(17)3;/h9-10,12,16,19H,5-8,11,13H2,1-4H3,(H,20,21);1H/t16-;/m1./s1. The van der Waals surface area contributed by atoms with Crippen molar-refractivity contribution in [1.29, 1.82) is 0 Å². The Bertz CT molecular complexity index is 466.